The number of halogens is 1. The third kappa shape index (κ3) is 8.16. The van der Waals surface area contributed by atoms with Crippen molar-refractivity contribution in [1.29, 1.82) is 0 Å². The van der Waals surface area contributed by atoms with Gasteiger partial charge in [-0.3, -0.25) is 0 Å². The summed E-state index contributed by atoms with van der Waals surface area (Å²) in [7, 11) is 0. The molecular weight excluding hydrogens is 404 g/mol. The van der Waals surface area contributed by atoms with Crippen molar-refractivity contribution >= 4 is 11.6 Å². The first kappa shape index (κ1) is 25.7. The highest BCUT2D eigenvalue weighted by molar-refractivity contribution is 6.23. The van der Waals surface area contributed by atoms with E-state index >= 15 is 0 Å². The lowest BCUT2D eigenvalue weighted by Crippen LogP contribution is -2.19. The summed E-state index contributed by atoms with van der Waals surface area (Å²) in [6, 6.07) is 12.2. The Hall–Kier alpha value is -1.51. The fourth-order valence-electron chi connectivity index (χ4n) is 4.15. The van der Waals surface area contributed by atoms with Gasteiger partial charge in [0.1, 0.15) is 12.4 Å². The van der Waals surface area contributed by atoms with Crippen LogP contribution in [0.3, 0.4) is 0 Å². The molecule has 0 amide bonds. The van der Waals surface area contributed by atoms with Gasteiger partial charge in [0.15, 0.2) is 0 Å². The van der Waals surface area contributed by atoms with Crippen molar-refractivity contribution in [3.05, 3.63) is 64.2 Å². The SMILES string of the molecule is Cc1cc(C(C)(C)Cl)c(CCOCCOc2ccccc2)c(CC(C)C)c1CC(C)C. The topological polar surface area (TPSA) is 18.5 Å². The fourth-order valence-corrected chi connectivity index (χ4v) is 4.32. The van der Waals surface area contributed by atoms with Crippen LogP contribution in [-0.4, -0.2) is 19.8 Å². The molecule has 0 heterocycles. The minimum Gasteiger partial charge on any atom is -0.491 e. The Morgan fingerprint density at radius 3 is 2.03 bits per heavy atom. The first-order chi connectivity index (χ1) is 14.6. The van der Waals surface area contributed by atoms with Gasteiger partial charge >= 0.3 is 0 Å². The predicted molar refractivity (Wildman–Crippen MR) is 134 cm³/mol. The number of ether oxygens (including phenoxy) is 2. The quantitative estimate of drug-likeness (QED) is 0.249. The van der Waals surface area contributed by atoms with E-state index in [1.165, 1.54) is 27.8 Å². The van der Waals surface area contributed by atoms with Gasteiger partial charge in [0.25, 0.3) is 0 Å². The lowest BCUT2D eigenvalue weighted by Gasteiger charge is -2.28. The molecule has 0 bridgehead atoms. The van der Waals surface area contributed by atoms with Crippen LogP contribution in [0.4, 0.5) is 0 Å². The second-order valence-electron chi connectivity index (χ2n) is 9.87. The summed E-state index contributed by atoms with van der Waals surface area (Å²) in [6.45, 7) is 17.5. The molecule has 3 heteroatoms. The number of hydrogen-bond donors (Lipinski definition) is 0. The second kappa shape index (κ2) is 11.9. The Bertz CT molecular complexity index is 804. The summed E-state index contributed by atoms with van der Waals surface area (Å²) in [4.78, 5) is -0.404. The van der Waals surface area contributed by atoms with Crippen molar-refractivity contribution in [3.8, 4) is 5.75 Å². The van der Waals surface area contributed by atoms with Crippen molar-refractivity contribution in [1.82, 2.24) is 0 Å². The van der Waals surface area contributed by atoms with Crippen LogP contribution in [0.25, 0.3) is 0 Å². The molecule has 0 aromatic heterocycles. The Morgan fingerprint density at radius 2 is 1.45 bits per heavy atom. The molecule has 0 aliphatic heterocycles. The lowest BCUT2D eigenvalue weighted by atomic mass is 9.80. The van der Waals surface area contributed by atoms with Crippen LogP contribution in [0.2, 0.25) is 0 Å². The molecule has 0 saturated heterocycles. The molecule has 2 nitrogen and oxygen atoms in total. The molecule has 0 N–H and O–H groups in total. The van der Waals surface area contributed by atoms with E-state index in [4.69, 9.17) is 21.1 Å². The highest BCUT2D eigenvalue weighted by Gasteiger charge is 2.26. The van der Waals surface area contributed by atoms with Gasteiger partial charge < -0.3 is 9.47 Å². The zero-order valence-corrected chi connectivity index (χ0v) is 21.3. The average Bonchev–Trinajstić information content (AvgIpc) is 2.67. The molecule has 0 aliphatic rings. The van der Waals surface area contributed by atoms with Crippen LogP contribution in [0.15, 0.2) is 36.4 Å². The number of para-hydroxylation sites is 1. The normalized spacial score (nSPS) is 12.1. The number of hydrogen-bond acceptors (Lipinski definition) is 2. The van der Waals surface area contributed by atoms with Gasteiger partial charge in [-0.05, 0) is 91.8 Å². The molecular formula is C28H41ClO2. The molecule has 0 spiro atoms. The maximum atomic E-state index is 6.87. The van der Waals surface area contributed by atoms with Crippen LogP contribution in [-0.2, 0) is 28.9 Å². The summed E-state index contributed by atoms with van der Waals surface area (Å²) < 4.78 is 11.7. The van der Waals surface area contributed by atoms with Crippen molar-refractivity contribution in [2.24, 2.45) is 11.8 Å². The maximum absolute atomic E-state index is 6.87. The summed E-state index contributed by atoms with van der Waals surface area (Å²) in [5.41, 5.74) is 7.01. The number of benzene rings is 2. The van der Waals surface area contributed by atoms with Crippen LogP contribution in [0.5, 0.6) is 5.75 Å². The van der Waals surface area contributed by atoms with E-state index in [0.717, 1.165) is 25.0 Å². The van der Waals surface area contributed by atoms with Gasteiger partial charge in [-0.1, -0.05) is 52.0 Å². The van der Waals surface area contributed by atoms with Gasteiger partial charge in [0.05, 0.1) is 18.1 Å². The molecule has 0 unspecified atom stereocenters. The molecule has 0 saturated carbocycles. The van der Waals surface area contributed by atoms with Crippen LogP contribution >= 0.6 is 11.6 Å². The third-order valence-electron chi connectivity index (χ3n) is 5.49. The van der Waals surface area contributed by atoms with Crippen LogP contribution < -0.4 is 4.74 Å². The third-order valence-corrected chi connectivity index (χ3v) is 5.70. The van der Waals surface area contributed by atoms with E-state index in [9.17, 15) is 0 Å². The monoisotopic (exact) mass is 444 g/mol. The maximum Gasteiger partial charge on any atom is 0.119 e. The molecule has 31 heavy (non-hydrogen) atoms. The number of rotatable bonds is 12. The van der Waals surface area contributed by atoms with Gasteiger partial charge in [0.2, 0.25) is 0 Å². The summed E-state index contributed by atoms with van der Waals surface area (Å²) >= 11 is 6.87. The molecule has 0 atom stereocenters. The molecule has 2 aromatic carbocycles. The Morgan fingerprint density at radius 1 is 0.839 bits per heavy atom. The Labute approximate surface area is 195 Å². The van der Waals surface area contributed by atoms with Crippen molar-refractivity contribution < 1.29 is 9.47 Å². The van der Waals surface area contributed by atoms with Gasteiger partial charge in [0, 0.05) is 0 Å². The standard InChI is InChI=1S/C28H41ClO2/c1-20(2)17-25-22(5)19-27(28(6,7)29)24(26(25)18-21(3)4)13-14-30-15-16-31-23-11-9-8-10-12-23/h8-12,19-21H,13-18H2,1-7H3. The highest BCUT2D eigenvalue weighted by Crippen LogP contribution is 2.37. The number of aryl methyl sites for hydroxylation is 1. The summed E-state index contributed by atoms with van der Waals surface area (Å²) in [6.07, 6.45) is 3.07. The first-order valence-electron chi connectivity index (χ1n) is 11.7. The molecule has 2 rings (SSSR count). The second-order valence-corrected chi connectivity index (χ2v) is 10.8. The van der Waals surface area contributed by atoms with Crippen molar-refractivity contribution in [2.75, 3.05) is 19.8 Å². The average molecular weight is 445 g/mol. The fraction of sp³-hybridized carbons (Fsp3) is 0.571. The molecule has 2 aromatic rings. The summed E-state index contributed by atoms with van der Waals surface area (Å²) in [5, 5.41) is 0. The van der Waals surface area contributed by atoms with Gasteiger partial charge in [-0.2, -0.15) is 0 Å². The minimum absolute atomic E-state index is 0.404. The highest BCUT2D eigenvalue weighted by atomic mass is 35.5. The van der Waals surface area contributed by atoms with E-state index in [1.54, 1.807) is 0 Å². The first-order valence-corrected chi connectivity index (χ1v) is 12.1. The Balaban J connectivity index is 2.17. The van der Waals surface area contributed by atoms with Crippen molar-refractivity contribution in [2.45, 2.75) is 72.6 Å². The molecule has 0 fully saturated rings. The molecule has 0 aliphatic carbocycles. The lowest BCUT2D eigenvalue weighted by molar-refractivity contribution is 0.102. The predicted octanol–water partition coefficient (Wildman–Crippen LogP) is 7.50. The van der Waals surface area contributed by atoms with Gasteiger partial charge in [-0.25, -0.2) is 0 Å². The largest absolute Gasteiger partial charge is 0.491 e. The van der Waals surface area contributed by atoms with E-state index in [1.807, 2.05) is 30.3 Å². The van der Waals surface area contributed by atoms with E-state index < -0.39 is 4.87 Å². The zero-order chi connectivity index (χ0) is 23.0. The Kier molecular flexibility index (Phi) is 9.90. The minimum atomic E-state index is -0.404. The van der Waals surface area contributed by atoms with E-state index in [-0.39, 0.29) is 0 Å². The van der Waals surface area contributed by atoms with Crippen LogP contribution in [0, 0.1) is 18.8 Å². The molecule has 0 radical (unpaired) electrons. The van der Waals surface area contributed by atoms with Gasteiger partial charge in [-0.15, -0.1) is 11.6 Å². The smallest absolute Gasteiger partial charge is 0.119 e. The van der Waals surface area contributed by atoms with E-state index in [2.05, 4.69) is 54.5 Å². The summed E-state index contributed by atoms with van der Waals surface area (Å²) in [5.74, 6) is 2.10. The van der Waals surface area contributed by atoms with Crippen LogP contribution in [0.1, 0.15) is 69.4 Å². The number of alkyl halides is 1. The zero-order valence-electron chi connectivity index (χ0n) is 20.6. The van der Waals surface area contributed by atoms with E-state index in [0.29, 0.717) is 31.7 Å². The van der Waals surface area contributed by atoms with Crippen molar-refractivity contribution in [3.63, 3.8) is 0 Å². The molecule has 172 valence electrons.